The Hall–Kier alpha value is -0.640. The highest BCUT2D eigenvalue weighted by molar-refractivity contribution is 6.31. The average molecular weight is 259 g/mol. The molecule has 0 amide bonds. The smallest absolute Gasteiger partial charge is 0.123 e. The zero-order valence-corrected chi connectivity index (χ0v) is 10.5. The SMILES string of the molecule is CCC1OCCC1C(O)c1cc(F)ccc1Cl. The molecule has 4 heteroatoms. The van der Waals surface area contributed by atoms with E-state index in [-0.39, 0.29) is 17.8 Å². The lowest BCUT2D eigenvalue weighted by Gasteiger charge is -2.23. The topological polar surface area (TPSA) is 29.5 Å². The molecule has 0 aliphatic carbocycles. The van der Waals surface area contributed by atoms with E-state index in [1.165, 1.54) is 18.2 Å². The summed E-state index contributed by atoms with van der Waals surface area (Å²) in [5.74, 6) is -0.380. The average Bonchev–Trinajstić information content (AvgIpc) is 2.79. The fourth-order valence-corrected chi connectivity index (χ4v) is 2.65. The highest BCUT2D eigenvalue weighted by Crippen LogP contribution is 2.37. The molecule has 1 aromatic carbocycles. The van der Waals surface area contributed by atoms with Gasteiger partial charge in [0.25, 0.3) is 0 Å². The third-order valence-electron chi connectivity index (χ3n) is 3.35. The van der Waals surface area contributed by atoms with Crippen LogP contribution in [0, 0.1) is 11.7 Å². The van der Waals surface area contributed by atoms with Gasteiger partial charge in [0.15, 0.2) is 0 Å². The number of aliphatic hydroxyl groups excluding tert-OH is 1. The first-order chi connectivity index (χ1) is 8.13. The van der Waals surface area contributed by atoms with Crippen molar-refractivity contribution in [2.24, 2.45) is 5.92 Å². The Labute approximate surface area is 105 Å². The van der Waals surface area contributed by atoms with Crippen LogP contribution in [-0.2, 0) is 4.74 Å². The second-order valence-electron chi connectivity index (χ2n) is 4.38. The normalized spacial score (nSPS) is 26.1. The van der Waals surface area contributed by atoms with Crippen molar-refractivity contribution in [3.8, 4) is 0 Å². The van der Waals surface area contributed by atoms with Crippen molar-refractivity contribution < 1.29 is 14.2 Å². The summed E-state index contributed by atoms with van der Waals surface area (Å²) < 4.78 is 18.7. The van der Waals surface area contributed by atoms with Crippen LogP contribution in [0.2, 0.25) is 5.02 Å². The highest BCUT2D eigenvalue weighted by Gasteiger charge is 2.34. The van der Waals surface area contributed by atoms with E-state index in [0.29, 0.717) is 17.2 Å². The third-order valence-corrected chi connectivity index (χ3v) is 3.69. The van der Waals surface area contributed by atoms with E-state index in [2.05, 4.69) is 0 Å². The van der Waals surface area contributed by atoms with Gasteiger partial charge >= 0.3 is 0 Å². The molecule has 1 fully saturated rings. The second kappa shape index (κ2) is 5.34. The predicted molar refractivity (Wildman–Crippen MR) is 64.5 cm³/mol. The number of ether oxygens (including phenoxy) is 1. The van der Waals surface area contributed by atoms with E-state index in [1.54, 1.807) is 0 Å². The highest BCUT2D eigenvalue weighted by atomic mass is 35.5. The Balaban J connectivity index is 2.24. The van der Waals surface area contributed by atoms with Gasteiger partial charge in [-0.05, 0) is 31.0 Å². The van der Waals surface area contributed by atoms with Gasteiger partial charge in [-0.3, -0.25) is 0 Å². The monoisotopic (exact) mass is 258 g/mol. The molecule has 0 spiro atoms. The number of benzene rings is 1. The summed E-state index contributed by atoms with van der Waals surface area (Å²) >= 11 is 5.99. The summed E-state index contributed by atoms with van der Waals surface area (Å²) in [7, 11) is 0. The van der Waals surface area contributed by atoms with Crippen LogP contribution in [0.4, 0.5) is 4.39 Å². The van der Waals surface area contributed by atoms with Crippen LogP contribution in [-0.4, -0.2) is 17.8 Å². The molecule has 0 aromatic heterocycles. The quantitative estimate of drug-likeness (QED) is 0.901. The first-order valence-electron chi connectivity index (χ1n) is 5.88. The summed E-state index contributed by atoms with van der Waals surface area (Å²) in [4.78, 5) is 0. The van der Waals surface area contributed by atoms with E-state index >= 15 is 0 Å². The van der Waals surface area contributed by atoms with Crippen LogP contribution in [0.15, 0.2) is 18.2 Å². The van der Waals surface area contributed by atoms with Crippen LogP contribution in [0.3, 0.4) is 0 Å². The number of hydrogen-bond donors (Lipinski definition) is 1. The molecule has 3 unspecified atom stereocenters. The Morgan fingerprint density at radius 3 is 3.06 bits per heavy atom. The molecule has 0 radical (unpaired) electrons. The van der Waals surface area contributed by atoms with Crippen molar-refractivity contribution in [1.82, 2.24) is 0 Å². The predicted octanol–water partition coefficient (Wildman–Crippen LogP) is 3.33. The van der Waals surface area contributed by atoms with Crippen LogP contribution < -0.4 is 0 Å². The maximum absolute atomic E-state index is 13.2. The summed E-state index contributed by atoms with van der Waals surface area (Å²) in [5.41, 5.74) is 0.459. The van der Waals surface area contributed by atoms with Gasteiger partial charge < -0.3 is 9.84 Å². The Bertz CT molecular complexity index is 397. The molecule has 3 atom stereocenters. The van der Waals surface area contributed by atoms with Crippen LogP contribution in [0.5, 0.6) is 0 Å². The first kappa shape index (κ1) is 12.8. The minimum atomic E-state index is -0.759. The Morgan fingerprint density at radius 1 is 1.59 bits per heavy atom. The molecule has 2 rings (SSSR count). The van der Waals surface area contributed by atoms with Crippen molar-refractivity contribution >= 4 is 11.6 Å². The fourth-order valence-electron chi connectivity index (χ4n) is 2.42. The largest absolute Gasteiger partial charge is 0.388 e. The van der Waals surface area contributed by atoms with Crippen molar-refractivity contribution in [2.45, 2.75) is 32.0 Å². The first-order valence-corrected chi connectivity index (χ1v) is 6.26. The van der Waals surface area contributed by atoms with Gasteiger partial charge in [-0.2, -0.15) is 0 Å². The lowest BCUT2D eigenvalue weighted by Crippen LogP contribution is -2.22. The molecule has 1 saturated heterocycles. The molecule has 1 aliphatic rings. The van der Waals surface area contributed by atoms with E-state index in [1.807, 2.05) is 6.92 Å². The van der Waals surface area contributed by atoms with Gasteiger partial charge in [0, 0.05) is 23.1 Å². The maximum atomic E-state index is 13.2. The molecular formula is C13H16ClFO2. The number of halogens is 2. The number of aliphatic hydroxyl groups is 1. The van der Waals surface area contributed by atoms with E-state index < -0.39 is 6.10 Å². The van der Waals surface area contributed by atoms with Crippen molar-refractivity contribution in [2.75, 3.05) is 6.61 Å². The number of rotatable bonds is 3. The molecule has 1 aromatic rings. The van der Waals surface area contributed by atoms with Crippen molar-refractivity contribution in [3.63, 3.8) is 0 Å². The zero-order valence-electron chi connectivity index (χ0n) is 9.70. The molecule has 1 N–H and O–H groups in total. The molecule has 1 aliphatic heterocycles. The Kier molecular flexibility index (Phi) is 4.02. The van der Waals surface area contributed by atoms with Crippen LogP contribution in [0.25, 0.3) is 0 Å². The minimum Gasteiger partial charge on any atom is -0.388 e. The number of hydrogen-bond acceptors (Lipinski definition) is 2. The van der Waals surface area contributed by atoms with Crippen LogP contribution in [0.1, 0.15) is 31.4 Å². The van der Waals surface area contributed by atoms with Crippen molar-refractivity contribution in [3.05, 3.63) is 34.6 Å². The Morgan fingerprint density at radius 2 is 2.35 bits per heavy atom. The summed E-state index contributed by atoms with van der Waals surface area (Å²) in [6.07, 6.45) is 0.899. The van der Waals surface area contributed by atoms with Gasteiger partial charge in [0.05, 0.1) is 12.2 Å². The summed E-state index contributed by atoms with van der Waals surface area (Å²) in [6.45, 7) is 2.66. The summed E-state index contributed by atoms with van der Waals surface area (Å²) in [6, 6.07) is 4.07. The maximum Gasteiger partial charge on any atom is 0.123 e. The fraction of sp³-hybridized carbons (Fsp3) is 0.538. The molecule has 2 nitrogen and oxygen atoms in total. The van der Waals surface area contributed by atoms with E-state index in [0.717, 1.165) is 12.8 Å². The van der Waals surface area contributed by atoms with E-state index in [4.69, 9.17) is 16.3 Å². The lowest BCUT2D eigenvalue weighted by molar-refractivity contribution is 0.0307. The third kappa shape index (κ3) is 2.62. The molecule has 0 saturated carbocycles. The zero-order chi connectivity index (χ0) is 12.4. The van der Waals surface area contributed by atoms with Crippen molar-refractivity contribution in [1.29, 1.82) is 0 Å². The minimum absolute atomic E-state index is 0.000648. The van der Waals surface area contributed by atoms with Gasteiger partial charge in [-0.25, -0.2) is 4.39 Å². The molecule has 1 heterocycles. The molecule has 94 valence electrons. The molecule has 0 bridgehead atoms. The van der Waals surface area contributed by atoms with E-state index in [9.17, 15) is 9.50 Å². The van der Waals surface area contributed by atoms with Gasteiger partial charge in [-0.1, -0.05) is 18.5 Å². The van der Waals surface area contributed by atoms with Crippen LogP contribution >= 0.6 is 11.6 Å². The van der Waals surface area contributed by atoms with Gasteiger partial charge in [-0.15, -0.1) is 0 Å². The summed E-state index contributed by atoms with van der Waals surface area (Å²) in [5, 5.41) is 10.7. The second-order valence-corrected chi connectivity index (χ2v) is 4.79. The molecular weight excluding hydrogens is 243 g/mol. The molecule has 17 heavy (non-hydrogen) atoms. The van der Waals surface area contributed by atoms with Gasteiger partial charge in [0.1, 0.15) is 5.82 Å². The lowest BCUT2D eigenvalue weighted by atomic mass is 9.89. The van der Waals surface area contributed by atoms with Gasteiger partial charge in [0.2, 0.25) is 0 Å². The standard InChI is InChI=1S/C13H16ClFO2/c1-2-12-9(5-6-17-12)13(16)10-7-8(15)3-4-11(10)14/h3-4,7,9,12-13,16H,2,5-6H2,1H3.